The number of para-hydroxylation sites is 1. The molecule has 2 rings (SSSR count). The van der Waals surface area contributed by atoms with Gasteiger partial charge < -0.3 is 10.1 Å². The van der Waals surface area contributed by atoms with Crippen molar-refractivity contribution in [2.24, 2.45) is 0 Å². The van der Waals surface area contributed by atoms with Gasteiger partial charge in [-0.2, -0.15) is 0 Å². The molecule has 2 aromatic carbocycles. The van der Waals surface area contributed by atoms with Crippen LogP contribution in [0.3, 0.4) is 0 Å². The molecule has 0 heterocycles. The molecule has 2 aromatic rings. The molecule has 0 aliphatic heterocycles. The number of benzene rings is 2. The maximum absolute atomic E-state index is 13.3. The molecule has 1 N–H and O–H groups in total. The lowest BCUT2D eigenvalue weighted by Crippen LogP contribution is -2.16. The molecule has 0 saturated carbocycles. The highest BCUT2D eigenvalue weighted by Gasteiger charge is 2.08. The Morgan fingerprint density at radius 1 is 1.10 bits per heavy atom. The van der Waals surface area contributed by atoms with Gasteiger partial charge in [-0.25, -0.2) is 8.78 Å². The van der Waals surface area contributed by atoms with Crippen LogP contribution in [0.15, 0.2) is 48.5 Å². The number of carbonyl (C=O) groups excluding carboxylic acids is 1. The first-order valence-corrected chi connectivity index (χ1v) is 6.08. The molecule has 5 heteroatoms. The average molecular weight is 277 g/mol. The van der Waals surface area contributed by atoms with Crippen LogP contribution < -0.4 is 10.1 Å². The molecule has 0 bridgehead atoms. The Morgan fingerprint density at radius 2 is 1.85 bits per heavy atom. The molecular weight excluding hydrogens is 264 g/mol. The van der Waals surface area contributed by atoms with Crippen LogP contribution in [-0.4, -0.2) is 12.5 Å². The van der Waals surface area contributed by atoms with Gasteiger partial charge >= 0.3 is 0 Å². The minimum Gasteiger partial charge on any atom is -0.493 e. The van der Waals surface area contributed by atoms with E-state index in [1.807, 2.05) is 18.2 Å². The molecule has 0 saturated heterocycles. The van der Waals surface area contributed by atoms with Crippen molar-refractivity contribution in [3.8, 4) is 5.75 Å². The fourth-order valence-electron chi connectivity index (χ4n) is 1.58. The van der Waals surface area contributed by atoms with Crippen LogP contribution in [0.5, 0.6) is 5.75 Å². The largest absolute Gasteiger partial charge is 0.493 e. The lowest BCUT2D eigenvalue weighted by atomic mass is 10.3. The number of hydrogen-bond acceptors (Lipinski definition) is 2. The molecule has 0 aromatic heterocycles. The van der Waals surface area contributed by atoms with Crippen LogP contribution in [0.2, 0.25) is 0 Å². The van der Waals surface area contributed by atoms with E-state index in [4.69, 9.17) is 4.74 Å². The van der Waals surface area contributed by atoms with Crippen LogP contribution >= 0.6 is 0 Å². The SMILES string of the molecule is O=C(CCOc1ccccc1)Nc1ccc(F)cc1F. The lowest BCUT2D eigenvalue weighted by molar-refractivity contribution is -0.116. The Hall–Kier alpha value is -2.43. The second-order valence-electron chi connectivity index (χ2n) is 4.08. The molecule has 3 nitrogen and oxygen atoms in total. The molecule has 0 spiro atoms. The summed E-state index contributed by atoms with van der Waals surface area (Å²) in [5.74, 6) is -1.23. The van der Waals surface area contributed by atoms with Gasteiger partial charge in [0.1, 0.15) is 17.4 Å². The summed E-state index contributed by atoms with van der Waals surface area (Å²) in [4.78, 5) is 11.6. The minimum absolute atomic E-state index is 0.0453. The molecule has 0 aliphatic rings. The van der Waals surface area contributed by atoms with E-state index >= 15 is 0 Å². The standard InChI is InChI=1S/C15H13F2NO2/c16-11-6-7-14(13(17)10-11)18-15(19)8-9-20-12-4-2-1-3-5-12/h1-7,10H,8-9H2,(H,18,19). The normalized spacial score (nSPS) is 10.1. The molecule has 1 amide bonds. The molecule has 20 heavy (non-hydrogen) atoms. The number of carbonyl (C=O) groups is 1. The van der Waals surface area contributed by atoms with E-state index in [1.54, 1.807) is 12.1 Å². The van der Waals surface area contributed by atoms with Crippen molar-refractivity contribution in [1.82, 2.24) is 0 Å². The zero-order valence-electron chi connectivity index (χ0n) is 10.6. The number of hydrogen-bond donors (Lipinski definition) is 1. The highest BCUT2D eigenvalue weighted by molar-refractivity contribution is 5.90. The Labute approximate surface area is 115 Å². The van der Waals surface area contributed by atoms with Crippen molar-refractivity contribution in [1.29, 1.82) is 0 Å². The van der Waals surface area contributed by atoms with Crippen molar-refractivity contribution in [2.45, 2.75) is 6.42 Å². The molecule has 0 aliphatic carbocycles. The zero-order chi connectivity index (χ0) is 14.4. The van der Waals surface area contributed by atoms with Gasteiger partial charge in [-0.1, -0.05) is 18.2 Å². The van der Waals surface area contributed by atoms with Gasteiger partial charge in [0.2, 0.25) is 5.91 Å². The quantitative estimate of drug-likeness (QED) is 0.910. The van der Waals surface area contributed by atoms with Gasteiger partial charge in [-0.15, -0.1) is 0 Å². The summed E-state index contributed by atoms with van der Waals surface area (Å²) >= 11 is 0. The number of nitrogens with one attached hydrogen (secondary N) is 1. The van der Waals surface area contributed by atoms with Crippen molar-refractivity contribution < 1.29 is 18.3 Å². The molecule has 104 valence electrons. The molecule has 0 fully saturated rings. The van der Waals surface area contributed by atoms with E-state index in [1.165, 1.54) is 6.07 Å². The second-order valence-corrected chi connectivity index (χ2v) is 4.08. The first kappa shape index (κ1) is 14.0. The summed E-state index contributed by atoms with van der Waals surface area (Å²) in [6.45, 7) is 0.179. The summed E-state index contributed by atoms with van der Waals surface area (Å²) in [6, 6.07) is 12.0. The number of rotatable bonds is 5. The van der Waals surface area contributed by atoms with Crippen LogP contribution in [0.4, 0.5) is 14.5 Å². The first-order valence-electron chi connectivity index (χ1n) is 6.08. The third kappa shape index (κ3) is 4.05. The van der Waals surface area contributed by atoms with Crippen molar-refractivity contribution >= 4 is 11.6 Å². The Morgan fingerprint density at radius 3 is 2.55 bits per heavy atom. The number of anilines is 1. The topological polar surface area (TPSA) is 38.3 Å². The van der Waals surface area contributed by atoms with E-state index in [0.29, 0.717) is 5.75 Å². The monoisotopic (exact) mass is 277 g/mol. The van der Waals surface area contributed by atoms with Crippen LogP contribution in [0.25, 0.3) is 0 Å². The maximum Gasteiger partial charge on any atom is 0.227 e. The summed E-state index contributed by atoms with van der Waals surface area (Å²) < 4.78 is 31.4. The van der Waals surface area contributed by atoms with Gasteiger partial charge in [-0.3, -0.25) is 4.79 Å². The smallest absolute Gasteiger partial charge is 0.227 e. The van der Waals surface area contributed by atoms with Crippen LogP contribution in [0.1, 0.15) is 6.42 Å². The van der Waals surface area contributed by atoms with E-state index < -0.39 is 17.5 Å². The van der Waals surface area contributed by atoms with Gasteiger partial charge in [-0.05, 0) is 24.3 Å². The highest BCUT2D eigenvalue weighted by atomic mass is 19.1. The van der Waals surface area contributed by atoms with Crippen molar-refractivity contribution in [3.63, 3.8) is 0 Å². The van der Waals surface area contributed by atoms with E-state index in [2.05, 4.69) is 5.32 Å². The van der Waals surface area contributed by atoms with E-state index in [0.717, 1.165) is 12.1 Å². The molecule has 0 atom stereocenters. The predicted octanol–water partition coefficient (Wildman–Crippen LogP) is 3.37. The summed E-state index contributed by atoms with van der Waals surface area (Å²) in [5.41, 5.74) is -0.0453. The summed E-state index contributed by atoms with van der Waals surface area (Å²) in [6.07, 6.45) is 0.0751. The molecule has 0 radical (unpaired) electrons. The van der Waals surface area contributed by atoms with Gasteiger partial charge in [0.05, 0.1) is 18.7 Å². The Kier molecular flexibility index (Phi) is 4.65. The fraction of sp³-hybridized carbons (Fsp3) is 0.133. The van der Waals surface area contributed by atoms with Gasteiger partial charge in [0, 0.05) is 6.07 Å². The number of ether oxygens (including phenoxy) is 1. The fourth-order valence-corrected chi connectivity index (χ4v) is 1.58. The number of halogens is 2. The predicted molar refractivity (Wildman–Crippen MR) is 71.5 cm³/mol. The Balaban J connectivity index is 1.81. The average Bonchev–Trinajstić information content (AvgIpc) is 2.43. The van der Waals surface area contributed by atoms with E-state index in [9.17, 15) is 13.6 Å². The van der Waals surface area contributed by atoms with Crippen LogP contribution in [-0.2, 0) is 4.79 Å². The zero-order valence-corrected chi connectivity index (χ0v) is 10.6. The summed E-state index contributed by atoms with van der Waals surface area (Å²) in [7, 11) is 0. The maximum atomic E-state index is 13.3. The van der Waals surface area contributed by atoms with E-state index in [-0.39, 0.29) is 18.7 Å². The van der Waals surface area contributed by atoms with Crippen molar-refractivity contribution in [2.75, 3.05) is 11.9 Å². The van der Waals surface area contributed by atoms with Gasteiger partial charge in [0.15, 0.2) is 0 Å². The molecular formula is C15H13F2NO2. The Bertz CT molecular complexity index is 588. The van der Waals surface area contributed by atoms with Crippen molar-refractivity contribution in [3.05, 3.63) is 60.2 Å². The summed E-state index contributed by atoms with van der Waals surface area (Å²) in [5, 5.41) is 2.36. The first-order chi connectivity index (χ1) is 9.65. The lowest BCUT2D eigenvalue weighted by Gasteiger charge is -2.08. The minimum atomic E-state index is -0.803. The third-order valence-electron chi connectivity index (χ3n) is 2.55. The second kappa shape index (κ2) is 6.65. The van der Waals surface area contributed by atoms with Crippen LogP contribution in [0, 0.1) is 11.6 Å². The third-order valence-corrected chi connectivity index (χ3v) is 2.55. The highest BCUT2D eigenvalue weighted by Crippen LogP contribution is 2.15. The van der Waals surface area contributed by atoms with Gasteiger partial charge in [0.25, 0.3) is 0 Å². The molecule has 0 unspecified atom stereocenters. The number of amides is 1.